The highest BCUT2D eigenvalue weighted by Crippen LogP contribution is 2.21. The quantitative estimate of drug-likeness (QED) is 0.899. The number of hydrogen-bond donors (Lipinski definition) is 1. The zero-order valence-electron chi connectivity index (χ0n) is 11.1. The minimum absolute atomic E-state index is 0.307. The van der Waals surface area contributed by atoms with Crippen LogP contribution in [-0.4, -0.2) is 18.3 Å². The molecule has 4 heteroatoms. The van der Waals surface area contributed by atoms with Gasteiger partial charge in [0, 0.05) is 10.9 Å². The van der Waals surface area contributed by atoms with Crippen molar-refractivity contribution in [1.29, 1.82) is 0 Å². The lowest BCUT2D eigenvalue weighted by Gasteiger charge is -2.13. The van der Waals surface area contributed by atoms with Crippen LogP contribution in [0, 0.1) is 5.82 Å². The Labute approximate surface area is 126 Å². The Morgan fingerprint density at radius 2 is 1.95 bits per heavy atom. The molecule has 0 heterocycles. The molecule has 2 aromatic rings. The summed E-state index contributed by atoms with van der Waals surface area (Å²) in [4.78, 5) is 0. The molecular weight excluding hydrogens is 323 g/mol. The summed E-state index contributed by atoms with van der Waals surface area (Å²) in [5, 5.41) is 10.2. The molecule has 0 aliphatic rings. The summed E-state index contributed by atoms with van der Waals surface area (Å²) in [6, 6.07) is 12.2. The molecular formula is C16H16BrFO2. The summed E-state index contributed by atoms with van der Waals surface area (Å²) in [6.45, 7) is 0. The molecule has 0 aliphatic carbocycles. The highest BCUT2D eigenvalue weighted by Gasteiger charge is 2.11. The van der Waals surface area contributed by atoms with E-state index >= 15 is 0 Å². The predicted molar refractivity (Wildman–Crippen MR) is 80.5 cm³/mol. The van der Waals surface area contributed by atoms with Crippen LogP contribution in [0.1, 0.15) is 11.1 Å². The van der Waals surface area contributed by atoms with Gasteiger partial charge in [-0.1, -0.05) is 34.1 Å². The lowest BCUT2D eigenvalue weighted by molar-refractivity contribution is 0.174. The fourth-order valence-corrected chi connectivity index (χ4v) is 2.71. The Kier molecular flexibility index (Phi) is 5.15. The summed E-state index contributed by atoms with van der Waals surface area (Å²) in [7, 11) is 1.61. The zero-order valence-corrected chi connectivity index (χ0v) is 12.7. The molecule has 1 atom stereocenters. The van der Waals surface area contributed by atoms with Gasteiger partial charge in [0.2, 0.25) is 0 Å². The van der Waals surface area contributed by atoms with Gasteiger partial charge in [-0.2, -0.15) is 0 Å². The largest absolute Gasteiger partial charge is 0.496 e. The van der Waals surface area contributed by atoms with Crippen molar-refractivity contribution in [2.75, 3.05) is 7.11 Å². The molecule has 0 saturated carbocycles. The second-order valence-corrected chi connectivity index (χ2v) is 5.57. The number of aliphatic hydroxyl groups excluding tert-OH is 1. The van der Waals surface area contributed by atoms with Crippen LogP contribution < -0.4 is 4.74 Å². The van der Waals surface area contributed by atoms with Crippen molar-refractivity contribution in [3.63, 3.8) is 0 Å². The Bertz CT molecular complexity index is 566. The topological polar surface area (TPSA) is 29.5 Å². The van der Waals surface area contributed by atoms with E-state index in [0.717, 1.165) is 16.9 Å². The molecule has 0 saturated heterocycles. The maximum atomic E-state index is 13.3. The van der Waals surface area contributed by atoms with Gasteiger partial charge in [-0.05, 0) is 41.8 Å². The highest BCUT2D eigenvalue weighted by molar-refractivity contribution is 9.10. The Hall–Kier alpha value is -1.39. The van der Waals surface area contributed by atoms with Crippen LogP contribution in [-0.2, 0) is 12.8 Å². The highest BCUT2D eigenvalue weighted by atomic mass is 79.9. The maximum absolute atomic E-state index is 13.3. The SMILES string of the molecule is COc1ccccc1CC(O)Cc1cc(F)cc(Br)c1. The van der Waals surface area contributed by atoms with Gasteiger partial charge in [0.15, 0.2) is 0 Å². The first kappa shape index (κ1) is 15.0. The minimum Gasteiger partial charge on any atom is -0.496 e. The normalized spacial score (nSPS) is 12.2. The summed E-state index contributed by atoms with van der Waals surface area (Å²) >= 11 is 3.25. The van der Waals surface area contributed by atoms with Crippen molar-refractivity contribution in [3.05, 3.63) is 63.9 Å². The van der Waals surface area contributed by atoms with Crippen molar-refractivity contribution in [3.8, 4) is 5.75 Å². The molecule has 0 radical (unpaired) electrons. The summed E-state index contributed by atoms with van der Waals surface area (Å²) in [5.41, 5.74) is 1.71. The second kappa shape index (κ2) is 6.86. The molecule has 2 nitrogen and oxygen atoms in total. The fourth-order valence-electron chi connectivity index (χ4n) is 2.20. The molecule has 20 heavy (non-hydrogen) atoms. The number of hydrogen-bond acceptors (Lipinski definition) is 2. The first-order valence-corrected chi connectivity index (χ1v) is 7.12. The van der Waals surface area contributed by atoms with E-state index in [2.05, 4.69) is 15.9 Å². The third-order valence-corrected chi connectivity index (χ3v) is 3.50. The van der Waals surface area contributed by atoms with Gasteiger partial charge in [-0.25, -0.2) is 4.39 Å². The van der Waals surface area contributed by atoms with E-state index in [-0.39, 0.29) is 5.82 Å². The number of methoxy groups -OCH3 is 1. The van der Waals surface area contributed by atoms with Crippen LogP contribution >= 0.6 is 15.9 Å². The standard InChI is InChI=1S/C16H16BrFO2/c1-20-16-5-3-2-4-12(16)9-15(19)8-11-6-13(17)10-14(18)7-11/h2-7,10,15,19H,8-9H2,1H3. The van der Waals surface area contributed by atoms with Crippen LogP contribution in [0.25, 0.3) is 0 Å². The van der Waals surface area contributed by atoms with Gasteiger partial charge in [0.05, 0.1) is 13.2 Å². The van der Waals surface area contributed by atoms with Crippen molar-refractivity contribution in [2.24, 2.45) is 0 Å². The van der Waals surface area contributed by atoms with E-state index < -0.39 is 6.10 Å². The number of benzene rings is 2. The molecule has 106 valence electrons. The first-order valence-electron chi connectivity index (χ1n) is 6.33. The Balaban J connectivity index is 2.07. The average Bonchev–Trinajstić information content (AvgIpc) is 2.37. The van der Waals surface area contributed by atoms with Gasteiger partial charge in [-0.3, -0.25) is 0 Å². The van der Waals surface area contributed by atoms with Crippen LogP contribution in [0.15, 0.2) is 46.9 Å². The number of rotatable bonds is 5. The number of para-hydroxylation sites is 1. The molecule has 2 rings (SSSR count). The third kappa shape index (κ3) is 4.05. The molecule has 0 fully saturated rings. The van der Waals surface area contributed by atoms with Crippen molar-refractivity contribution >= 4 is 15.9 Å². The van der Waals surface area contributed by atoms with E-state index in [0.29, 0.717) is 17.3 Å². The lowest BCUT2D eigenvalue weighted by atomic mass is 10.0. The molecule has 0 aliphatic heterocycles. The Morgan fingerprint density at radius 3 is 2.65 bits per heavy atom. The van der Waals surface area contributed by atoms with Gasteiger partial charge >= 0.3 is 0 Å². The summed E-state index contributed by atoms with van der Waals surface area (Å²) in [6.07, 6.45) is 0.284. The predicted octanol–water partition coefficient (Wildman–Crippen LogP) is 3.74. The zero-order chi connectivity index (χ0) is 14.5. The van der Waals surface area contributed by atoms with Crippen LogP contribution in [0.3, 0.4) is 0 Å². The molecule has 1 N–H and O–H groups in total. The number of aliphatic hydroxyl groups is 1. The van der Waals surface area contributed by atoms with Gasteiger partial charge in [0.25, 0.3) is 0 Å². The van der Waals surface area contributed by atoms with E-state index in [9.17, 15) is 9.50 Å². The van der Waals surface area contributed by atoms with Gasteiger partial charge < -0.3 is 9.84 Å². The van der Waals surface area contributed by atoms with E-state index in [1.54, 1.807) is 7.11 Å². The minimum atomic E-state index is -0.583. The fraction of sp³-hybridized carbons (Fsp3) is 0.250. The smallest absolute Gasteiger partial charge is 0.124 e. The van der Waals surface area contributed by atoms with E-state index in [1.165, 1.54) is 12.1 Å². The molecule has 0 bridgehead atoms. The average molecular weight is 339 g/mol. The van der Waals surface area contributed by atoms with Crippen molar-refractivity contribution in [1.82, 2.24) is 0 Å². The summed E-state index contributed by atoms with van der Waals surface area (Å²) < 4.78 is 19.2. The monoisotopic (exact) mass is 338 g/mol. The molecule has 0 amide bonds. The third-order valence-electron chi connectivity index (χ3n) is 3.04. The summed E-state index contributed by atoms with van der Waals surface area (Å²) in [5.74, 6) is 0.450. The van der Waals surface area contributed by atoms with E-state index in [1.807, 2.05) is 30.3 Å². The van der Waals surface area contributed by atoms with Crippen LogP contribution in [0.2, 0.25) is 0 Å². The molecule has 0 aromatic heterocycles. The van der Waals surface area contributed by atoms with Crippen molar-refractivity contribution in [2.45, 2.75) is 18.9 Å². The van der Waals surface area contributed by atoms with Gasteiger partial charge in [-0.15, -0.1) is 0 Å². The molecule has 2 aromatic carbocycles. The van der Waals surface area contributed by atoms with Crippen molar-refractivity contribution < 1.29 is 14.2 Å². The molecule has 1 unspecified atom stereocenters. The maximum Gasteiger partial charge on any atom is 0.124 e. The number of halogens is 2. The van der Waals surface area contributed by atoms with Gasteiger partial charge in [0.1, 0.15) is 11.6 Å². The van der Waals surface area contributed by atoms with Crippen LogP contribution in [0.4, 0.5) is 4.39 Å². The molecule has 0 spiro atoms. The number of ether oxygens (including phenoxy) is 1. The second-order valence-electron chi connectivity index (χ2n) is 4.65. The first-order chi connectivity index (χ1) is 9.58. The van der Waals surface area contributed by atoms with Crippen LogP contribution in [0.5, 0.6) is 5.75 Å². The lowest BCUT2D eigenvalue weighted by Crippen LogP contribution is -2.14. The Morgan fingerprint density at radius 1 is 1.20 bits per heavy atom. The van der Waals surface area contributed by atoms with E-state index in [4.69, 9.17) is 4.74 Å².